The zero-order valence-electron chi connectivity index (χ0n) is 12.7. The Balaban J connectivity index is 1.84. The van der Waals surface area contributed by atoms with Crippen LogP contribution in [0.5, 0.6) is 0 Å². The van der Waals surface area contributed by atoms with Gasteiger partial charge in [0.1, 0.15) is 6.61 Å². The van der Waals surface area contributed by atoms with Gasteiger partial charge in [-0.25, -0.2) is 0 Å². The monoisotopic (exact) mass is 272 g/mol. The van der Waals surface area contributed by atoms with E-state index in [-0.39, 0.29) is 12.4 Å². The summed E-state index contributed by atoms with van der Waals surface area (Å²) < 4.78 is 5.66. The van der Waals surface area contributed by atoms with Crippen molar-refractivity contribution in [2.24, 2.45) is 11.8 Å². The fourth-order valence-electron chi connectivity index (χ4n) is 2.75. The van der Waals surface area contributed by atoms with Gasteiger partial charge in [-0.05, 0) is 44.1 Å². The highest BCUT2D eigenvalue weighted by Crippen LogP contribution is 2.25. The largest absolute Gasteiger partial charge is 0.373 e. The number of benzene rings is 1. The van der Waals surface area contributed by atoms with Crippen LogP contribution >= 0.6 is 0 Å². The Hall–Kier alpha value is -1.41. The van der Waals surface area contributed by atoms with Crippen molar-refractivity contribution < 1.29 is 9.53 Å². The summed E-state index contributed by atoms with van der Waals surface area (Å²) in [7, 11) is 0. The molecule has 1 aliphatic carbocycles. The van der Waals surface area contributed by atoms with Crippen LogP contribution in [0.3, 0.4) is 0 Å². The molecule has 108 valence electrons. The lowest BCUT2D eigenvalue weighted by atomic mass is 9.85. The quantitative estimate of drug-likeness (QED) is 0.595. The summed E-state index contributed by atoms with van der Waals surface area (Å²) >= 11 is 0. The predicted molar refractivity (Wildman–Crippen MR) is 82.1 cm³/mol. The van der Waals surface area contributed by atoms with Gasteiger partial charge in [0.05, 0.1) is 6.61 Å². The van der Waals surface area contributed by atoms with Crippen molar-refractivity contribution in [2.75, 3.05) is 13.2 Å². The van der Waals surface area contributed by atoms with Crippen LogP contribution in [0.15, 0.2) is 30.4 Å². The molecule has 0 spiro atoms. The van der Waals surface area contributed by atoms with Crippen LogP contribution in [0.25, 0.3) is 0 Å². The molecule has 2 atom stereocenters. The van der Waals surface area contributed by atoms with Gasteiger partial charge in [0.15, 0.2) is 5.78 Å². The lowest BCUT2D eigenvalue weighted by Gasteiger charge is -2.24. The molecule has 2 rings (SSSR count). The smallest absolute Gasteiger partial charge is 0.188 e. The molecule has 0 saturated carbocycles. The molecule has 0 saturated heterocycles. The second-order valence-electron chi connectivity index (χ2n) is 5.94. The molecule has 1 aromatic carbocycles. The van der Waals surface area contributed by atoms with E-state index in [1.54, 1.807) is 0 Å². The van der Waals surface area contributed by atoms with E-state index in [2.05, 4.69) is 19.1 Å². The molecular formula is C18H24O2. The molecule has 0 aromatic heterocycles. The zero-order chi connectivity index (χ0) is 14.5. The minimum absolute atomic E-state index is 0.0847. The third kappa shape index (κ3) is 3.80. The molecular weight excluding hydrogens is 248 g/mol. The van der Waals surface area contributed by atoms with E-state index in [0.717, 1.165) is 24.0 Å². The van der Waals surface area contributed by atoms with Crippen LogP contribution in [0.2, 0.25) is 0 Å². The molecule has 0 bridgehead atoms. The van der Waals surface area contributed by atoms with Crippen LogP contribution in [0, 0.1) is 25.7 Å². The maximum Gasteiger partial charge on any atom is 0.188 e. The van der Waals surface area contributed by atoms with Gasteiger partial charge in [-0.1, -0.05) is 42.8 Å². The average Bonchev–Trinajstić information content (AvgIpc) is 2.40. The second-order valence-corrected chi connectivity index (χ2v) is 5.94. The zero-order valence-corrected chi connectivity index (χ0v) is 12.7. The fraction of sp³-hybridized carbons (Fsp3) is 0.500. The number of rotatable bonds is 5. The molecule has 20 heavy (non-hydrogen) atoms. The molecule has 2 unspecified atom stereocenters. The molecule has 0 radical (unpaired) electrons. The standard InChI is InChI=1S/C18H24O2/c1-13-8-9-17(15(3)10-13)18(19)12-20-11-16-7-5-4-6-14(16)2/h4-5,8-10,14,16H,6-7,11-12H2,1-3H3. The molecule has 0 N–H and O–H groups in total. The Bertz CT molecular complexity index is 502. The Kier molecular flexibility index (Phi) is 5.13. The van der Waals surface area contributed by atoms with Gasteiger partial charge < -0.3 is 4.74 Å². The van der Waals surface area contributed by atoms with Gasteiger partial charge in [-0.3, -0.25) is 4.79 Å². The number of hydrogen-bond acceptors (Lipinski definition) is 2. The summed E-state index contributed by atoms with van der Waals surface area (Å²) in [6.45, 7) is 7.15. The molecule has 0 fully saturated rings. The molecule has 1 aliphatic rings. The number of Topliss-reactive ketones (excluding diaryl/α,β-unsaturated/α-hetero) is 1. The van der Waals surface area contributed by atoms with Crippen molar-refractivity contribution in [3.8, 4) is 0 Å². The summed E-state index contributed by atoms with van der Waals surface area (Å²) in [5.74, 6) is 1.28. The lowest BCUT2D eigenvalue weighted by Crippen LogP contribution is -2.21. The van der Waals surface area contributed by atoms with Gasteiger partial charge in [0.2, 0.25) is 0 Å². The van der Waals surface area contributed by atoms with E-state index >= 15 is 0 Å². The number of ketones is 1. The number of hydrogen-bond donors (Lipinski definition) is 0. The predicted octanol–water partition coefficient (Wildman–Crippen LogP) is 4.11. The Morgan fingerprint density at radius 3 is 2.70 bits per heavy atom. The van der Waals surface area contributed by atoms with E-state index in [1.807, 2.05) is 32.0 Å². The first-order valence-electron chi connectivity index (χ1n) is 7.41. The molecule has 0 amide bonds. The van der Waals surface area contributed by atoms with Crippen molar-refractivity contribution in [3.05, 3.63) is 47.0 Å². The van der Waals surface area contributed by atoms with Crippen molar-refractivity contribution in [1.82, 2.24) is 0 Å². The summed E-state index contributed by atoms with van der Waals surface area (Å²) in [6.07, 6.45) is 6.65. The van der Waals surface area contributed by atoms with E-state index in [1.165, 1.54) is 5.56 Å². The summed E-state index contributed by atoms with van der Waals surface area (Å²) in [6, 6.07) is 5.93. The molecule has 2 heteroatoms. The van der Waals surface area contributed by atoms with Crippen LogP contribution in [-0.4, -0.2) is 19.0 Å². The fourth-order valence-corrected chi connectivity index (χ4v) is 2.75. The maximum absolute atomic E-state index is 12.2. The maximum atomic E-state index is 12.2. The van der Waals surface area contributed by atoms with Gasteiger partial charge in [-0.15, -0.1) is 0 Å². The summed E-state index contributed by atoms with van der Waals surface area (Å²) in [5, 5.41) is 0. The third-order valence-electron chi connectivity index (χ3n) is 4.17. The topological polar surface area (TPSA) is 26.3 Å². The van der Waals surface area contributed by atoms with Crippen LogP contribution in [0.1, 0.15) is 41.3 Å². The van der Waals surface area contributed by atoms with E-state index < -0.39 is 0 Å². The van der Waals surface area contributed by atoms with Gasteiger partial charge in [0.25, 0.3) is 0 Å². The van der Waals surface area contributed by atoms with Gasteiger partial charge in [0, 0.05) is 5.56 Å². The Labute approximate surface area is 121 Å². The highest BCUT2D eigenvalue weighted by Gasteiger charge is 2.19. The van der Waals surface area contributed by atoms with Crippen LogP contribution < -0.4 is 0 Å². The molecule has 0 aliphatic heterocycles. The third-order valence-corrected chi connectivity index (χ3v) is 4.17. The van der Waals surface area contributed by atoms with Crippen molar-refractivity contribution in [2.45, 2.75) is 33.6 Å². The molecule has 1 aromatic rings. The number of aryl methyl sites for hydroxylation is 2. The van der Waals surface area contributed by atoms with Crippen molar-refractivity contribution >= 4 is 5.78 Å². The van der Waals surface area contributed by atoms with E-state index in [4.69, 9.17) is 4.74 Å². The lowest BCUT2D eigenvalue weighted by molar-refractivity contribution is 0.0602. The normalized spacial score (nSPS) is 21.9. The van der Waals surface area contributed by atoms with Crippen LogP contribution in [-0.2, 0) is 4.74 Å². The Morgan fingerprint density at radius 1 is 1.25 bits per heavy atom. The van der Waals surface area contributed by atoms with Gasteiger partial charge >= 0.3 is 0 Å². The van der Waals surface area contributed by atoms with Crippen molar-refractivity contribution in [1.29, 1.82) is 0 Å². The summed E-state index contributed by atoms with van der Waals surface area (Å²) in [4.78, 5) is 12.2. The average molecular weight is 272 g/mol. The van der Waals surface area contributed by atoms with Crippen molar-refractivity contribution in [3.63, 3.8) is 0 Å². The highest BCUT2D eigenvalue weighted by atomic mass is 16.5. The minimum atomic E-state index is 0.0847. The first kappa shape index (κ1) is 15.0. The number of carbonyl (C=O) groups excluding carboxylic acids is 1. The number of carbonyl (C=O) groups is 1. The highest BCUT2D eigenvalue weighted by molar-refractivity contribution is 5.98. The molecule has 2 nitrogen and oxygen atoms in total. The Morgan fingerprint density at radius 2 is 2.00 bits per heavy atom. The number of ether oxygens (including phenoxy) is 1. The number of allylic oxidation sites excluding steroid dienone is 2. The van der Waals surface area contributed by atoms with E-state index in [9.17, 15) is 4.79 Å². The minimum Gasteiger partial charge on any atom is -0.373 e. The summed E-state index contributed by atoms with van der Waals surface area (Å²) in [5.41, 5.74) is 3.00. The van der Waals surface area contributed by atoms with E-state index in [0.29, 0.717) is 18.4 Å². The molecule has 0 heterocycles. The first-order valence-corrected chi connectivity index (χ1v) is 7.41. The first-order chi connectivity index (χ1) is 9.58. The second kappa shape index (κ2) is 6.85. The van der Waals surface area contributed by atoms with Crippen LogP contribution in [0.4, 0.5) is 0 Å². The van der Waals surface area contributed by atoms with Gasteiger partial charge in [-0.2, -0.15) is 0 Å². The SMILES string of the molecule is Cc1ccc(C(=O)COCC2CC=CCC2C)c(C)c1.